The van der Waals surface area contributed by atoms with Crippen molar-refractivity contribution in [1.82, 2.24) is 9.78 Å². The Labute approximate surface area is 138 Å². The number of benzene rings is 1. The summed E-state index contributed by atoms with van der Waals surface area (Å²) in [5.41, 5.74) is 9.60. The molecule has 2 heterocycles. The third-order valence-electron chi connectivity index (χ3n) is 4.53. The van der Waals surface area contributed by atoms with Crippen molar-refractivity contribution < 1.29 is 4.74 Å². The van der Waals surface area contributed by atoms with Crippen molar-refractivity contribution in [1.29, 1.82) is 0 Å². The van der Waals surface area contributed by atoms with Gasteiger partial charge in [-0.1, -0.05) is 13.8 Å². The normalized spacial score (nSPS) is 16.1. The van der Waals surface area contributed by atoms with E-state index in [0.29, 0.717) is 12.0 Å². The molecule has 1 aliphatic heterocycles. The van der Waals surface area contributed by atoms with E-state index in [9.17, 15) is 0 Å². The van der Waals surface area contributed by atoms with Crippen molar-refractivity contribution in [2.75, 3.05) is 25.1 Å². The zero-order chi connectivity index (χ0) is 16.4. The number of hydrogen-bond donors (Lipinski definition) is 1. The third kappa shape index (κ3) is 3.20. The van der Waals surface area contributed by atoms with Gasteiger partial charge in [-0.3, -0.25) is 0 Å². The highest BCUT2D eigenvalue weighted by Gasteiger charge is 2.23. The standard InChI is InChI=1S/C18H26N4O/c1-13(2)18-17(21-10-8-14(19)9-11-21)12-20-22(18)15-4-6-16(23-3)7-5-15/h4-7,12-14H,8-11,19H2,1-3H3. The van der Waals surface area contributed by atoms with Gasteiger partial charge in [0.15, 0.2) is 0 Å². The molecular formula is C18H26N4O. The Hall–Kier alpha value is -2.01. The smallest absolute Gasteiger partial charge is 0.119 e. The zero-order valence-corrected chi connectivity index (χ0v) is 14.2. The molecule has 1 aromatic heterocycles. The van der Waals surface area contributed by atoms with Crippen LogP contribution in [0.4, 0.5) is 5.69 Å². The molecule has 2 aromatic rings. The minimum absolute atomic E-state index is 0.338. The van der Waals surface area contributed by atoms with E-state index in [2.05, 4.69) is 23.8 Å². The Balaban J connectivity index is 1.94. The average Bonchev–Trinajstić information content (AvgIpc) is 3.01. The predicted octanol–water partition coefficient (Wildman–Crippen LogP) is 2.93. The van der Waals surface area contributed by atoms with Crippen LogP contribution in [0.5, 0.6) is 5.75 Å². The molecule has 0 saturated carbocycles. The van der Waals surface area contributed by atoms with E-state index in [-0.39, 0.29) is 0 Å². The van der Waals surface area contributed by atoms with Gasteiger partial charge in [-0.15, -0.1) is 0 Å². The van der Waals surface area contributed by atoms with Crippen molar-refractivity contribution in [3.8, 4) is 11.4 Å². The summed E-state index contributed by atoms with van der Waals surface area (Å²) >= 11 is 0. The molecular weight excluding hydrogens is 288 g/mol. The maximum atomic E-state index is 6.04. The molecule has 0 radical (unpaired) electrons. The molecule has 5 heteroatoms. The second-order valence-corrected chi connectivity index (χ2v) is 6.50. The molecule has 2 N–H and O–H groups in total. The quantitative estimate of drug-likeness (QED) is 0.943. The molecule has 3 rings (SSSR count). The largest absolute Gasteiger partial charge is 0.497 e. The molecule has 1 fully saturated rings. The van der Waals surface area contributed by atoms with Crippen molar-refractivity contribution >= 4 is 5.69 Å². The first-order valence-corrected chi connectivity index (χ1v) is 8.33. The van der Waals surface area contributed by atoms with Gasteiger partial charge >= 0.3 is 0 Å². The van der Waals surface area contributed by atoms with Crippen LogP contribution in [0.2, 0.25) is 0 Å². The van der Waals surface area contributed by atoms with E-state index in [4.69, 9.17) is 10.5 Å². The average molecular weight is 314 g/mol. The maximum Gasteiger partial charge on any atom is 0.119 e. The minimum Gasteiger partial charge on any atom is -0.497 e. The second-order valence-electron chi connectivity index (χ2n) is 6.50. The lowest BCUT2D eigenvalue weighted by atomic mass is 10.0. The molecule has 1 saturated heterocycles. The number of rotatable bonds is 4. The predicted molar refractivity (Wildman–Crippen MR) is 93.6 cm³/mol. The monoisotopic (exact) mass is 314 g/mol. The maximum absolute atomic E-state index is 6.04. The zero-order valence-electron chi connectivity index (χ0n) is 14.2. The molecule has 23 heavy (non-hydrogen) atoms. The van der Waals surface area contributed by atoms with Crippen LogP contribution in [-0.4, -0.2) is 36.0 Å². The molecule has 0 unspecified atom stereocenters. The molecule has 0 aliphatic carbocycles. The van der Waals surface area contributed by atoms with E-state index in [0.717, 1.165) is 37.4 Å². The van der Waals surface area contributed by atoms with Crippen LogP contribution >= 0.6 is 0 Å². The molecule has 1 aromatic carbocycles. The molecule has 0 amide bonds. The van der Waals surface area contributed by atoms with Crippen LogP contribution < -0.4 is 15.4 Å². The highest BCUT2D eigenvalue weighted by atomic mass is 16.5. The second kappa shape index (κ2) is 6.62. The summed E-state index contributed by atoms with van der Waals surface area (Å²) in [7, 11) is 1.68. The van der Waals surface area contributed by atoms with Gasteiger partial charge in [0.25, 0.3) is 0 Å². The number of nitrogens with zero attached hydrogens (tertiary/aromatic N) is 3. The topological polar surface area (TPSA) is 56.3 Å². The van der Waals surface area contributed by atoms with Crippen LogP contribution in [-0.2, 0) is 0 Å². The Morgan fingerprint density at radius 1 is 1.17 bits per heavy atom. The molecule has 0 spiro atoms. The fourth-order valence-electron chi connectivity index (χ4n) is 3.20. The van der Waals surface area contributed by atoms with Crippen molar-refractivity contribution in [3.63, 3.8) is 0 Å². The summed E-state index contributed by atoms with van der Waals surface area (Å²) in [5.74, 6) is 1.25. The Morgan fingerprint density at radius 2 is 1.83 bits per heavy atom. The van der Waals surface area contributed by atoms with E-state index in [1.807, 2.05) is 35.1 Å². The van der Waals surface area contributed by atoms with Gasteiger partial charge in [0.2, 0.25) is 0 Å². The van der Waals surface area contributed by atoms with Gasteiger partial charge in [-0.05, 0) is 43.0 Å². The Kier molecular flexibility index (Phi) is 4.57. The van der Waals surface area contributed by atoms with Crippen molar-refractivity contribution in [2.24, 2.45) is 5.73 Å². The number of hydrogen-bond acceptors (Lipinski definition) is 4. The number of anilines is 1. The van der Waals surface area contributed by atoms with Crippen LogP contribution in [0.25, 0.3) is 5.69 Å². The Morgan fingerprint density at radius 3 is 2.39 bits per heavy atom. The van der Waals surface area contributed by atoms with Gasteiger partial charge in [0.05, 0.1) is 30.4 Å². The number of ether oxygens (including phenoxy) is 1. The van der Waals surface area contributed by atoms with Gasteiger partial charge in [0.1, 0.15) is 5.75 Å². The lowest BCUT2D eigenvalue weighted by Gasteiger charge is -2.32. The number of piperidine rings is 1. The summed E-state index contributed by atoms with van der Waals surface area (Å²) in [4.78, 5) is 2.42. The number of nitrogens with two attached hydrogens (primary N) is 1. The summed E-state index contributed by atoms with van der Waals surface area (Å²) in [6.07, 6.45) is 4.09. The van der Waals surface area contributed by atoms with Crippen LogP contribution in [0.15, 0.2) is 30.5 Å². The van der Waals surface area contributed by atoms with E-state index in [1.54, 1.807) is 7.11 Å². The van der Waals surface area contributed by atoms with E-state index < -0.39 is 0 Å². The number of aromatic nitrogens is 2. The van der Waals surface area contributed by atoms with Crippen LogP contribution in [0.1, 0.15) is 38.3 Å². The van der Waals surface area contributed by atoms with Crippen LogP contribution in [0.3, 0.4) is 0 Å². The van der Waals surface area contributed by atoms with Crippen molar-refractivity contribution in [3.05, 3.63) is 36.2 Å². The first kappa shape index (κ1) is 15.9. The summed E-state index contributed by atoms with van der Waals surface area (Å²) in [6, 6.07) is 8.38. The summed E-state index contributed by atoms with van der Waals surface area (Å²) in [5, 5.41) is 4.66. The summed E-state index contributed by atoms with van der Waals surface area (Å²) < 4.78 is 7.29. The first-order chi connectivity index (χ1) is 11.1. The van der Waals surface area contributed by atoms with E-state index in [1.165, 1.54) is 11.4 Å². The SMILES string of the molecule is COc1ccc(-n2ncc(N3CCC(N)CC3)c2C(C)C)cc1. The van der Waals surface area contributed by atoms with E-state index >= 15 is 0 Å². The lowest BCUT2D eigenvalue weighted by Crippen LogP contribution is -2.40. The highest BCUT2D eigenvalue weighted by molar-refractivity contribution is 5.54. The highest BCUT2D eigenvalue weighted by Crippen LogP contribution is 2.31. The third-order valence-corrected chi connectivity index (χ3v) is 4.53. The molecule has 1 aliphatic rings. The fourth-order valence-corrected chi connectivity index (χ4v) is 3.20. The lowest BCUT2D eigenvalue weighted by molar-refractivity contribution is 0.414. The van der Waals surface area contributed by atoms with Crippen LogP contribution in [0, 0.1) is 0 Å². The van der Waals surface area contributed by atoms with Gasteiger partial charge < -0.3 is 15.4 Å². The summed E-state index contributed by atoms with van der Waals surface area (Å²) in [6.45, 7) is 6.46. The minimum atomic E-state index is 0.338. The van der Waals surface area contributed by atoms with Gasteiger partial charge in [-0.25, -0.2) is 4.68 Å². The van der Waals surface area contributed by atoms with Gasteiger partial charge in [0, 0.05) is 19.1 Å². The van der Waals surface area contributed by atoms with Gasteiger partial charge in [-0.2, -0.15) is 5.10 Å². The molecule has 0 bridgehead atoms. The molecule has 0 atom stereocenters. The molecule has 124 valence electrons. The fraction of sp³-hybridized carbons (Fsp3) is 0.500. The van der Waals surface area contributed by atoms with Crippen molar-refractivity contribution in [2.45, 2.75) is 38.6 Å². The number of methoxy groups -OCH3 is 1. The first-order valence-electron chi connectivity index (χ1n) is 8.33. The molecule has 5 nitrogen and oxygen atoms in total. The Bertz CT molecular complexity index is 640.